The molecule has 1 atom stereocenters. The molecule has 1 N–H and O–H groups in total. The maximum atomic E-state index is 12.5. The van der Waals surface area contributed by atoms with E-state index in [4.69, 9.17) is 9.47 Å². The molecule has 2 aromatic heterocycles. The second-order valence-corrected chi connectivity index (χ2v) is 8.78. The molecule has 4 aromatic rings. The number of rotatable bonds is 9. The summed E-state index contributed by atoms with van der Waals surface area (Å²) in [4.78, 5) is 42.0. The van der Waals surface area contributed by atoms with E-state index in [1.54, 1.807) is 43.3 Å². The standard InChI is InChI=1S/C25H24N4O5S/c1-3-7-21-28-29-22(30)14-19(27-25(29)35-21)15-33-24(32)17-10-12-18(13-11-17)26-23(31)16(2)34-20-8-5-4-6-9-20/h4-6,8-14,16H,3,7,15H2,1-2H3,(H,26,31)/t16-/m0/s1. The predicted molar refractivity (Wildman–Crippen MR) is 132 cm³/mol. The van der Waals surface area contributed by atoms with E-state index in [0.29, 0.717) is 27.7 Å². The van der Waals surface area contributed by atoms with Gasteiger partial charge < -0.3 is 14.8 Å². The van der Waals surface area contributed by atoms with Crippen LogP contribution in [0.2, 0.25) is 0 Å². The van der Waals surface area contributed by atoms with E-state index in [1.165, 1.54) is 21.9 Å². The zero-order valence-corrected chi connectivity index (χ0v) is 20.1. The molecule has 0 aliphatic heterocycles. The molecule has 0 bridgehead atoms. The molecule has 0 aliphatic rings. The monoisotopic (exact) mass is 492 g/mol. The van der Waals surface area contributed by atoms with Gasteiger partial charge in [0.2, 0.25) is 4.96 Å². The van der Waals surface area contributed by atoms with Crippen LogP contribution in [0.15, 0.2) is 65.5 Å². The summed E-state index contributed by atoms with van der Waals surface area (Å²) in [6.45, 7) is 3.55. The molecular weight excluding hydrogens is 468 g/mol. The third kappa shape index (κ3) is 6.10. The molecule has 2 aromatic carbocycles. The molecule has 0 spiro atoms. The molecule has 180 valence electrons. The van der Waals surface area contributed by atoms with Crippen molar-refractivity contribution in [3.05, 3.63) is 87.3 Å². The number of nitrogens with one attached hydrogen (secondary N) is 1. The Labute approximate surface area is 205 Å². The number of esters is 1. The fourth-order valence-electron chi connectivity index (χ4n) is 3.20. The fourth-order valence-corrected chi connectivity index (χ4v) is 4.22. The molecule has 0 fully saturated rings. The van der Waals surface area contributed by atoms with Crippen molar-refractivity contribution in [1.29, 1.82) is 0 Å². The lowest BCUT2D eigenvalue weighted by Gasteiger charge is -2.14. The first-order valence-corrected chi connectivity index (χ1v) is 11.9. The van der Waals surface area contributed by atoms with Crippen molar-refractivity contribution >= 4 is 33.9 Å². The summed E-state index contributed by atoms with van der Waals surface area (Å²) in [7, 11) is 0. The van der Waals surface area contributed by atoms with Gasteiger partial charge in [-0.05, 0) is 49.7 Å². The molecule has 10 heteroatoms. The molecule has 0 aliphatic carbocycles. The van der Waals surface area contributed by atoms with Crippen LogP contribution >= 0.6 is 11.3 Å². The van der Waals surface area contributed by atoms with Crippen LogP contribution in [0.25, 0.3) is 4.96 Å². The minimum absolute atomic E-state index is 0.140. The minimum Gasteiger partial charge on any atom is -0.481 e. The van der Waals surface area contributed by atoms with Gasteiger partial charge in [-0.1, -0.05) is 36.5 Å². The highest BCUT2D eigenvalue weighted by Gasteiger charge is 2.16. The normalized spacial score (nSPS) is 11.7. The maximum Gasteiger partial charge on any atom is 0.338 e. The van der Waals surface area contributed by atoms with Crippen LogP contribution in [0.3, 0.4) is 0 Å². The van der Waals surface area contributed by atoms with Gasteiger partial charge in [0.15, 0.2) is 6.10 Å². The number of nitrogens with zero attached hydrogens (tertiary/aromatic N) is 3. The van der Waals surface area contributed by atoms with Crippen LogP contribution in [0.1, 0.15) is 41.3 Å². The van der Waals surface area contributed by atoms with Crippen molar-refractivity contribution in [3.63, 3.8) is 0 Å². The Morgan fingerprint density at radius 1 is 1.11 bits per heavy atom. The Morgan fingerprint density at radius 3 is 2.57 bits per heavy atom. The summed E-state index contributed by atoms with van der Waals surface area (Å²) < 4.78 is 12.2. The molecule has 0 radical (unpaired) electrons. The quantitative estimate of drug-likeness (QED) is 0.353. The third-order valence-electron chi connectivity index (χ3n) is 4.97. The van der Waals surface area contributed by atoms with Crippen LogP contribution in [0.5, 0.6) is 5.75 Å². The summed E-state index contributed by atoms with van der Waals surface area (Å²) in [5.41, 5.74) is 0.859. The van der Waals surface area contributed by atoms with Gasteiger partial charge in [-0.15, -0.1) is 0 Å². The second kappa shape index (κ2) is 10.9. The Balaban J connectivity index is 1.33. The number of amides is 1. The van der Waals surface area contributed by atoms with E-state index in [1.807, 2.05) is 25.1 Å². The highest BCUT2D eigenvalue weighted by atomic mass is 32.1. The van der Waals surface area contributed by atoms with Gasteiger partial charge in [-0.2, -0.15) is 9.61 Å². The number of carbonyl (C=O) groups is 2. The molecule has 9 nitrogen and oxygen atoms in total. The Morgan fingerprint density at radius 2 is 1.86 bits per heavy atom. The number of hydrogen-bond acceptors (Lipinski definition) is 8. The van der Waals surface area contributed by atoms with Gasteiger partial charge in [-0.25, -0.2) is 9.78 Å². The van der Waals surface area contributed by atoms with Gasteiger partial charge in [0.05, 0.1) is 11.3 Å². The molecule has 1 amide bonds. The van der Waals surface area contributed by atoms with Gasteiger partial charge in [-0.3, -0.25) is 9.59 Å². The van der Waals surface area contributed by atoms with E-state index in [2.05, 4.69) is 15.4 Å². The van der Waals surface area contributed by atoms with Crippen LogP contribution in [-0.2, 0) is 22.6 Å². The lowest BCUT2D eigenvalue weighted by atomic mass is 10.2. The van der Waals surface area contributed by atoms with Crippen molar-refractivity contribution in [2.75, 3.05) is 5.32 Å². The van der Waals surface area contributed by atoms with Gasteiger partial charge in [0, 0.05) is 18.2 Å². The minimum atomic E-state index is -0.701. The summed E-state index contributed by atoms with van der Waals surface area (Å²) in [5, 5.41) is 7.85. The number of hydrogen-bond donors (Lipinski definition) is 1. The molecule has 0 saturated carbocycles. The average molecular weight is 493 g/mol. The van der Waals surface area contributed by atoms with Crippen LogP contribution < -0.4 is 15.6 Å². The van der Waals surface area contributed by atoms with Crippen LogP contribution in [-0.4, -0.2) is 32.6 Å². The van der Waals surface area contributed by atoms with Crippen molar-refractivity contribution in [2.24, 2.45) is 0 Å². The second-order valence-electron chi connectivity index (χ2n) is 7.74. The van der Waals surface area contributed by atoms with Crippen molar-refractivity contribution in [1.82, 2.24) is 14.6 Å². The lowest BCUT2D eigenvalue weighted by Crippen LogP contribution is -2.30. The number of ether oxygens (including phenoxy) is 2. The smallest absolute Gasteiger partial charge is 0.338 e. The first-order chi connectivity index (χ1) is 16.9. The largest absolute Gasteiger partial charge is 0.481 e. The number of aryl methyl sites for hydroxylation is 1. The molecule has 35 heavy (non-hydrogen) atoms. The SMILES string of the molecule is CCCc1nn2c(=O)cc(COC(=O)c3ccc(NC(=O)[C@H](C)Oc4ccccc4)cc3)nc2s1. The first-order valence-electron chi connectivity index (χ1n) is 11.1. The van der Waals surface area contributed by atoms with Crippen molar-refractivity contribution in [3.8, 4) is 5.75 Å². The van der Waals surface area contributed by atoms with E-state index < -0.39 is 12.1 Å². The number of fused-ring (bicyclic) bond motifs is 1. The molecule has 0 unspecified atom stereocenters. The fraction of sp³-hybridized carbons (Fsp3) is 0.240. The molecule has 0 saturated heterocycles. The number of aromatic nitrogens is 3. The zero-order chi connectivity index (χ0) is 24.8. The maximum absolute atomic E-state index is 12.5. The van der Waals surface area contributed by atoms with Crippen molar-refractivity contribution in [2.45, 2.75) is 39.4 Å². The number of benzene rings is 2. The lowest BCUT2D eigenvalue weighted by molar-refractivity contribution is -0.122. The van der Waals surface area contributed by atoms with E-state index >= 15 is 0 Å². The predicted octanol–water partition coefficient (Wildman–Crippen LogP) is 3.87. The van der Waals surface area contributed by atoms with E-state index in [0.717, 1.165) is 17.8 Å². The molecule has 4 rings (SSSR count). The van der Waals surface area contributed by atoms with Crippen LogP contribution in [0, 0.1) is 0 Å². The van der Waals surface area contributed by atoms with Gasteiger partial charge in [0.25, 0.3) is 11.5 Å². The average Bonchev–Trinajstić information content (AvgIpc) is 3.27. The summed E-state index contributed by atoms with van der Waals surface area (Å²) in [6, 6.07) is 16.7. The highest BCUT2D eigenvalue weighted by molar-refractivity contribution is 7.16. The number of anilines is 1. The first kappa shape index (κ1) is 24.1. The van der Waals surface area contributed by atoms with Gasteiger partial charge in [0.1, 0.15) is 17.4 Å². The van der Waals surface area contributed by atoms with E-state index in [-0.39, 0.29) is 18.1 Å². The Hall–Kier alpha value is -4.05. The number of para-hydroxylation sites is 1. The molecule has 2 heterocycles. The summed E-state index contributed by atoms with van der Waals surface area (Å²) in [5.74, 6) is -0.287. The summed E-state index contributed by atoms with van der Waals surface area (Å²) in [6.07, 6.45) is 0.988. The third-order valence-corrected chi connectivity index (χ3v) is 5.94. The Kier molecular flexibility index (Phi) is 7.51. The van der Waals surface area contributed by atoms with Gasteiger partial charge >= 0.3 is 5.97 Å². The number of carbonyl (C=O) groups excluding carboxylic acids is 2. The van der Waals surface area contributed by atoms with E-state index in [9.17, 15) is 14.4 Å². The Bertz CT molecular complexity index is 1380. The summed E-state index contributed by atoms with van der Waals surface area (Å²) >= 11 is 1.35. The van der Waals surface area contributed by atoms with Crippen LogP contribution in [0.4, 0.5) is 5.69 Å². The zero-order valence-electron chi connectivity index (χ0n) is 19.3. The topological polar surface area (TPSA) is 112 Å². The van der Waals surface area contributed by atoms with Crippen molar-refractivity contribution < 1.29 is 19.1 Å². The molecular formula is C25H24N4O5S. The highest BCUT2D eigenvalue weighted by Crippen LogP contribution is 2.16.